The molecular weight excluding hydrogens is 611 g/mol. The van der Waals surface area contributed by atoms with Crippen LogP contribution in [0.25, 0.3) is 0 Å². The van der Waals surface area contributed by atoms with Gasteiger partial charge in [0.1, 0.15) is 11.0 Å². The average molecular weight is 650 g/mol. The number of hydrogen-bond acceptors (Lipinski definition) is 8. The molecule has 4 heterocycles. The molecular formula is C30H31Cl3N8O2. The maximum absolute atomic E-state index is 12.6. The zero-order valence-corrected chi connectivity index (χ0v) is 25.0. The minimum atomic E-state index is -2.03. The first-order valence-corrected chi connectivity index (χ1v) is 13.7. The number of rotatable bonds is 6. The number of aryl methyl sites for hydroxylation is 2. The summed E-state index contributed by atoms with van der Waals surface area (Å²) in [4.78, 5) is 40.3. The second kappa shape index (κ2) is 15.1. The first kappa shape index (κ1) is 22.7. The van der Waals surface area contributed by atoms with Gasteiger partial charge in [0.25, 0.3) is 11.8 Å². The number of carbonyl (C=O) groups excluding carboxylic acids is 2. The summed E-state index contributed by atoms with van der Waals surface area (Å²) >= 11 is 17.8. The van der Waals surface area contributed by atoms with Crippen molar-refractivity contribution >= 4 is 63.8 Å². The predicted octanol–water partition coefficient (Wildman–Crippen LogP) is 6.72. The summed E-state index contributed by atoms with van der Waals surface area (Å²) in [6.45, 7) is 3.60. The molecule has 0 unspecified atom stereocenters. The smallest absolute Gasteiger partial charge is 0.259 e. The van der Waals surface area contributed by atoms with Crippen LogP contribution in [0, 0.1) is 13.8 Å². The molecule has 0 aliphatic heterocycles. The SMILES string of the molecule is Cc1ccnc(Cl)c1NC(=O)c1cccnc1Cl.[2H]C1([2H])C(N)C1([2H])[2H].[2H]C1([2H])C(Nc2ncccc2C(=O)Nc2c(C)ccnc2Cl)C1([2H])[2H]. The number of anilines is 3. The number of aromatic nitrogens is 4. The second-order valence-electron chi connectivity index (χ2n) is 8.87. The number of hydrogen-bond donors (Lipinski definition) is 4. The van der Waals surface area contributed by atoms with E-state index in [1.54, 1.807) is 43.5 Å². The number of amides is 2. The van der Waals surface area contributed by atoms with Crippen LogP contribution in [0.5, 0.6) is 0 Å². The van der Waals surface area contributed by atoms with Crippen molar-refractivity contribution < 1.29 is 20.6 Å². The van der Waals surface area contributed by atoms with Gasteiger partial charge in [-0.1, -0.05) is 34.8 Å². The highest BCUT2D eigenvalue weighted by Crippen LogP contribution is 2.28. The van der Waals surface area contributed by atoms with Crippen molar-refractivity contribution in [2.75, 3.05) is 16.0 Å². The molecule has 2 aliphatic rings. The van der Waals surface area contributed by atoms with Gasteiger partial charge in [0, 0.05) is 47.8 Å². The van der Waals surface area contributed by atoms with E-state index in [2.05, 4.69) is 35.9 Å². The summed E-state index contributed by atoms with van der Waals surface area (Å²) < 4.78 is 57.9. The fourth-order valence-electron chi connectivity index (χ4n) is 3.27. The summed E-state index contributed by atoms with van der Waals surface area (Å²) in [5.41, 5.74) is 7.88. The molecule has 43 heavy (non-hydrogen) atoms. The molecule has 0 radical (unpaired) electrons. The van der Waals surface area contributed by atoms with Crippen LogP contribution >= 0.6 is 34.8 Å². The lowest BCUT2D eigenvalue weighted by Crippen LogP contribution is -2.17. The zero-order chi connectivity index (χ0) is 38.1. The van der Waals surface area contributed by atoms with Crippen LogP contribution < -0.4 is 21.7 Å². The van der Waals surface area contributed by atoms with Crippen molar-refractivity contribution in [3.05, 3.63) is 98.9 Å². The van der Waals surface area contributed by atoms with Crippen molar-refractivity contribution in [1.29, 1.82) is 0 Å². The molecule has 4 aromatic rings. The third-order valence-electron chi connectivity index (χ3n) is 5.64. The number of carbonyl (C=O) groups is 2. The standard InChI is InChI=1S/C15H15ClN4O.C12H9Cl2N3O.C3H7N/c1-9-6-8-17-13(16)12(9)20-15(21)11-3-2-7-18-14(11)19-10-4-5-10;1-7-4-6-16-11(14)9(7)17-12(18)8-3-2-5-15-10(8)13;4-3-1-2-3/h2-3,6-8,10H,4-5H2,1H3,(H,18,19)(H,20,21);2-6H,1H3,(H,17,18);3H,1-2,4H2/i4D2,5D2;;1D2,2D2. The predicted molar refractivity (Wildman–Crippen MR) is 171 cm³/mol. The van der Waals surface area contributed by atoms with Crippen molar-refractivity contribution in [3.8, 4) is 0 Å². The molecule has 0 spiro atoms. The third kappa shape index (κ3) is 9.59. The van der Waals surface area contributed by atoms with E-state index >= 15 is 0 Å². The largest absolute Gasteiger partial charge is 0.367 e. The highest BCUT2D eigenvalue weighted by molar-refractivity contribution is 6.35. The van der Waals surface area contributed by atoms with Gasteiger partial charge in [0.15, 0.2) is 10.3 Å². The summed E-state index contributed by atoms with van der Waals surface area (Å²) in [5.74, 6) is -0.769. The number of pyridine rings is 4. The number of nitrogens with two attached hydrogens (primary N) is 1. The first-order valence-electron chi connectivity index (χ1n) is 16.6. The molecule has 0 saturated heterocycles. The van der Waals surface area contributed by atoms with Crippen molar-refractivity contribution in [1.82, 2.24) is 19.9 Å². The molecule has 0 aromatic carbocycles. The molecule has 10 nitrogen and oxygen atoms in total. The van der Waals surface area contributed by atoms with Gasteiger partial charge in [-0.25, -0.2) is 19.9 Å². The van der Waals surface area contributed by atoms with Crippen molar-refractivity contribution in [2.45, 2.75) is 51.4 Å². The van der Waals surface area contributed by atoms with E-state index in [4.69, 9.17) is 51.5 Å². The molecule has 5 N–H and O–H groups in total. The van der Waals surface area contributed by atoms with Gasteiger partial charge in [0.2, 0.25) is 0 Å². The Labute approximate surface area is 276 Å². The average Bonchev–Trinajstić information content (AvgIpc) is 3.64. The van der Waals surface area contributed by atoms with Gasteiger partial charge in [0.05, 0.1) is 22.5 Å². The van der Waals surface area contributed by atoms with Crippen molar-refractivity contribution in [3.63, 3.8) is 0 Å². The second-order valence-corrected chi connectivity index (χ2v) is 9.94. The van der Waals surface area contributed by atoms with E-state index in [0.29, 0.717) is 16.9 Å². The van der Waals surface area contributed by atoms with Crippen LogP contribution in [0.1, 0.15) is 68.3 Å². The van der Waals surface area contributed by atoms with Crippen molar-refractivity contribution in [2.24, 2.45) is 5.73 Å². The Morgan fingerprint density at radius 2 is 1.21 bits per heavy atom. The van der Waals surface area contributed by atoms with Crippen LogP contribution in [0.3, 0.4) is 0 Å². The van der Waals surface area contributed by atoms with Crippen LogP contribution in [-0.4, -0.2) is 43.8 Å². The topological polar surface area (TPSA) is 148 Å². The summed E-state index contributed by atoms with van der Waals surface area (Å²) in [6, 6.07) is 7.76. The number of nitrogens with zero attached hydrogens (tertiary/aromatic N) is 4. The van der Waals surface area contributed by atoms with Crippen LogP contribution in [0.4, 0.5) is 17.2 Å². The van der Waals surface area contributed by atoms with Gasteiger partial charge in [-0.05, 0) is 86.9 Å². The van der Waals surface area contributed by atoms with E-state index in [1.165, 1.54) is 24.7 Å². The van der Waals surface area contributed by atoms with Gasteiger partial charge in [-0.2, -0.15) is 0 Å². The Kier molecular flexibility index (Phi) is 7.94. The lowest BCUT2D eigenvalue weighted by atomic mass is 10.2. The fraction of sp³-hybridized carbons (Fsp3) is 0.267. The Morgan fingerprint density at radius 3 is 1.67 bits per heavy atom. The molecule has 2 fully saturated rings. The summed E-state index contributed by atoms with van der Waals surface area (Å²) in [6.07, 6.45) is -1.56. The molecule has 2 aliphatic carbocycles. The monoisotopic (exact) mass is 648 g/mol. The maximum Gasteiger partial charge on any atom is 0.259 e. The molecule has 2 saturated carbocycles. The van der Waals surface area contributed by atoms with Gasteiger partial charge < -0.3 is 21.7 Å². The molecule has 13 heteroatoms. The van der Waals surface area contributed by atoms with Crippen LogP contribution in [0.15, 0.2) is 61.2 Å². The maximum atomic E-state index is 12.6. The van der Waals surface area contributed by atoms with Gasteiger partial charge in [-0.3, -0.25) is 9.59 Å². The minimum absolute atomic E-state index is 0.105. The van der Waals surface area contributed by atoms with E-state index < -0.39 is 43.5 Å². The number of halogens is 3. The van der Waals surface area contributed by atoms with Gasteiger partial charge >= 0.3 is 0 Å². The molecule has 6 rings (SSSR count). The third-order valence-corrected chi connectivity index (χ3v) is 6.51. The number of nitrogens with one attached hydrogen (secondary N) is 3. The van der Waals surface area contributed by atoms with E-state index in [-0.39, 0.29) is 32.7 Å². The highest BCUT2D eigenvalue weighted by atomic mass is 35.5. The molecule has 0 bridgehead atoms. The molecule has 0 atom stereocenters. The van der Waals surface area contributed by atoms with Gasteiger partial charge in [-0.15, -0.1) is 0 Å². The molecule has 224 valence electrons. The normalized spacial score (nSPS) is 20.9. The quantitative estimate of drug-likeness (QED) is 0.168. The van der Waals surface area contributed by atoms with Crippen LogP contribution in [-0.2, 0) is 0 Å². The Balaban J connectivity index is 0.000000194. The highest BCUT2D eigenvalue weighted by Gasteiger charge is 2.24. The van der Waals surface area contributed by atoms with E-state index in [1.807, 2.05) is 6.92 Å². The Bertz CT molecular complexity index is 1890. The summed E-state index contributed by atoms with van der Waals surface area (Å²) in [5, 5.41) is 8.58. The Morgan fingerprint density at radius 1 is 0.744 bits per heavy atom. The molecule has 2 amide bonds. The summed E-state index contributed by atoms with van der Waals surface area (Å²) in [7, 11) is 0. The van der Waals surface area contributed by atoms with E-state index in [9.17, 15) is 9.59 Å². The van der Waals surface area contributed by atoms with Crippen LogP contribution in [0.2, 0.25) is 15.5 Å². The fourth-order valence-corrected chi connectivity index (χ4v) is 3.98. The lowest BCUT2D eigenvalue weighted by molar-refractivity contribution is 0.101. The zero-order valence-electron chi connectivity index (χ0n) is 30.7. The molecule has 4 aromatic heterocycles. The minimum Gasteiger partial charge on any atom is -0.367 e. The first-order chi connectivity index (χ1) is 23.7. The van der Waals surface area contributed by atoms with E-state index in [0.717, 1.165) is 11.1 Å². The lowest BCUT2D eigenvalue weighted by Gasteiger charge is -2.12. The Hall–Kier alpha value is -3.83.